The first-order valence-electron chi connectivity index (χ1n) is 8.87. The number of piperidine rings is 1. The summed E-state index contributed by atoms with van der Waals surface area (Å²) >= 11 is 0. The van der Waals surface area contributed by atoms with Crippen molar-refractivity contribution >= 4 is 5.97 Å². The van der Waals surface area contributed by atoms with Crippen molar-refractivity contribution in [1.82, 2.24) is 4.90 Å². The van der Waals surface area contributed by atoms with Gasteiger partial charge in [-0.25, -0.2) is 0 Å². The van der Waals surface area contributed by atoms with E-state index in [4.69, 9.17) is 4.74 Å². The van der Waals surface area contributed by atoms with Crippen molar-refractivity contribution in [2.75, 3.05) is 19.6 Å². The van der Waals surface area contributed by atoms with Crippen molar-refractivity contribution in [2.45, 2.75) is 65.9 Å². The molecule has 2 aliphatic rings. The molecule has 2 fully saturated rings. The fourth-order valence-corrected chi connectivity index (χ4v) is 3.86. The first kappa shape index (κ1) is 16.8. The van der Waals surface area contributed by atoms with E-state index in [-0.39, 0.29) is 12.1 Å². The predicted molar refractivity (Wildman–Crippen MR) is 86.1 cm³/mol. The Morgan fingerprint density at radius 3 is 2.38 bits per heavy atom. The summed E-state index contributed by atoms with van der Waals surface area (Å²) in [6, 6.07) is 0. The van der Waals surface area contributed by atoms with E-state index < -0.39 is 0 Å². The Labute approximate surface area is 130 Å². The minimum absolute atomic E-state index is 0.00527. The average molecular weight is 295 g/mol. The van der Waals surface area contributed by atoms with E-state index in [9.17, 15) is 4.79 Å². The van der Waals surface area contributed by atoms with Crippen LogP contribution in [0.15, 0.2) is 0 Å². The second-order valence-corrected chi connectivity index (χ2v) is 7.81. The number of rotatable bonds is 4. The van der Waals surface area contributed by atoms with Gasteiger partial charge in [-0.15, -0.1) is 0 Å². The highest BCUT2D eigenvalue weighted by Gasteiger charge is 2.33. The number of nitrogens with zero attached hydrogens (tertiary/aromatic N) is 1. The summed E-state index contributed by atoms with van der Waals surface area (Å²) in [4.78, 5) is 14.5. The first-order chi connectivity index (χ1) is 9.95. The van der Waals surface area contributed by atoms with Gasteiger partial charge in [0, 0.05) is 0 Å². The zero-order valence-electron chi connectivity index (χ0n) is 14.3. The summed E-state index contributed by atoms with van der Waals surface area (Å²) in [7, 11) is 0. The molecule has 21 heavy (non-hydrogen) atoms. The maximum absolute atomic E-state index is 12.3. The zero-order valence-corrected chi connectivity index (χ0v) is 14.3. The van der Waals surface area contributed by atoms with Gasteiger partial charge in [-0.2, -0.15) is 0 Å². The van der Waals surface area contributed by atoms with Crippen LogP contribution >= 0.6 is 0 Å². The summed E-state index contributed by atoms with van der Waals surface area (Å²) in [5.74, 6) is 2.64. The Kier molecular flexibility index (Phi) is 6.09. The summed E-state index contributed by atoms with van der Waals surface area (Å²) < 4.78 is 5.88. The number of ether oxygens (including phenoxy) is 1. The van der Waals surface area contributed by atoms with Crippen LogP contribution in [0.4, 0.5) is 0 Å². The topological polar surface area (TPSA) is 29.5 Å². The molecule has 0 bridgehead atoms. The molecule has 2 rings (SSSR count). The van der Waals surface area contributed by atoms with Gasteiger partial charge in [-0.05, 0) is 62.4 Å². The van der Waals surface area contributed by atoms with Crippen LogP contribution in [0, 0.1) is 23.7 Å². The van der Waals surface area contributed by atoms with E-state index in [2.05, 4.69) is 32.6 Å². The number of esters is 1. The van der Waals surface area contributed by atoms with Crippen LogP contribution in [0.1, 0.15) is 59.8 Å². The molecular formula is C18H33NO2. The third-order valence-electron chi connectivity index (χ3n) is 5.47. The molecule has 0 unspecified atom stereocenters. The van der Waals surface area contributed by atoms with Crippen LogP contribution < -0.4 is 0 Å². The van der Waals surface area contributed by atoms with Gasteiger partial charge in [0.1, 0.15) is 6.10 Å². The largest absolute Gasteiger partial charge is 0.461 e. The molecule has 1 saturated carbocycles. The number of carbonyl (C=O) groups is 1. The number of hydrogen-bond donors (Lipinski definition) is 0. The highest BCUT2D eigenvalue weighted by Crippen LogP contribution is 2.35. The molecule has 0 amide bonds. The minimum atomic E-state index is -0.00527. The number of carbonyl (C=O) groups excluding carboxylic acids is 1. The van der Waals surface area contributed by atoms with Crippen molar-refractivity contribution in [2.24, 2.45) is 23.7 Å². The van der Waals surface area contributed by atoms with Crippen molar-refractivity contribution < 1.29 is 9.53 Å². The Morgan fingerprint density at radius 2 is 1.76 bits per heavy atom. The lowest BCUT2D eigenvalue weighted by Crippen LogP contribution is -2.41. The maximum Gasteiger partial charge on any atom is 0.320 e. The fraction of sp³-hybridized carbons (Fsp3) is 0.944. The van der Waals surface area contributed by atoms with Crippen molar-refractivity contribution in [3.8, 4) is 0 Å². The molecule has 1 aliphatic carbocycles. The zero-order chi connectivity index (χ0) is 15.4. The van der Waals surface area contributed by atoms with Crippen LogP contribution in [-0.2, 0) is 9.53 Å². The fourth-order valence-electron chi connectivity index (χ4n) is 3.86. The van der Waals surface area contributed by atoms with Gasteiger partial charge in [0.15, 0.2) is 0 Å². The van der Waals surface area contributed by atoms with Crippen molar-refractivity contribution in [3.05, 3.63) is 0 Å². The molecule has 0 aromatic carbocycles. The summed E-state index contributed by atoms with van der Waals surface area (Å²) in [6.45, 7) is 11.7. The van der Waals surface area contributed by atoms with E-state index in [1.54, 1.807) is 0 Å². The Hall–Kier alpha value is -0.570. The summed E-state index contributed by atoms with van der Waals surface area (Å²) in [6.07, 6.45) is 6.10. The highest BCUT2D eigenvalue weighted by atomic mass is 16.5. The lowest BCUT2D eigenvalue weighted by Gasteiger charge is -2.37. The van der Waals surface area contributed by atoms with Gasteiger partial charge in [-0.1, -0.05) is 34.1 Å². The molecule has 0 N–H and O–H groups in total. The summed E-state index contributed by atoms with van der Waals surface area (Å²) in [5.41, 5.74) is 0. The standard InChI is InChI=1S/C18H33NO2/c1-13(2)16-6-5-15(4)11-17(16)21-18(20)12-19-9-7-14(3)8-10-19/h13-17H,5-12H2,1-4H3/t15-,16+,17-/m0/s1. The van der Waals surface area contributed by atoms with Crippen molar-refractivity contribution in [1.29, 1.82) is 0 Å². The Balaban J connectivity index is 1.82. The third-order valence-corrected chi connectivity index (χ3v) is 5.47. The monoisotopic (exact) mass is 295 g/mol. The molecule has 1 aliphatic heterocycles. The molecule has 122 valence electrons. The third kappa shape index (κ3) is 4.98. The normalized spacial score (nSPS) is 32.3. The smallest absolute Gasteiger partial charge is 0.320 e. The Morgan fingerprint density at radius 1 is 1.10 bits per heavy atom. The molecule has 0 spiro atoms. The summed E-state index contributed by atoms with van der Waals surface area (Å²) in [5, 5.41) is 0. The number of hydrogen-bond acceptors (Lipinski definition) is 3. The quantitative estimate of drug-likeness (QED) is 0.740. The van der Waals surface area contributed by atoms with E-state index in [1.807, 2.05) is 0 Å². The molecule has 1 saturated heterocycles. The van der Waals surface area contributed by atoms with Gasteiger partial charge in [0.25, 0.3) is 0 Å². The molecular weight excluding hydrogens is 262 g/mol. The maximum atomic E-state index is 12.3. The SMILES string of the molecule is CC1CCN(CC(=O)O[C@H]2C[C@@H](C)CC[C@@H]2C(C)C)CC1. The van der Waals surface area contributed by atoms with E-state index in [0.717, 1.165) is 25.4 Å². The van der Waals surface area contributed by atoms with Crippen LogP contribution in [0.5, 0.6) is 0 Å². The van der Waals surface area contributed by atoms with E-state index in [1.165, 1.54) is 25.7 Å². The van der Waals surface area contributed by atoms with Crippen molar-refractivity contribution in [3.63, 3.8) is 0 Å². The Bertz CT molecular complexity index is 334. The second-order valence-electron chi connectivity index (χ2n) is 7.81. The molecule has 1 heterocycles. The lowest BCUT2D eigenvalue weighted by molar-refractivity contribution is -0.157. The minimum Gasteiger partial charge on any atom is -0.461 e. The first-order valence-corrected chi connectivity index (χ1v) is 8.87. The highest BCUT2D eigenvalue weighted by molar-refractivity contribution is 5.71. The molecule has 0 aromatic heterocycles. The molecule has 3 atom stereocenters. The molecule has 3 nitrogen and oxygen atoms in total. The van der Waals surface area contributed by atoms with Gasteiger partial charge in [-0.3, -0.25) is 9.69 Å². The molecule has 3 heteroatoms. The molecule has 0 radical (unpaired) electrons. The van der Waals surface area contributed by atoms with Crippen LogP contribution in [0.2, 0.25) is 0 Å². The van der Waals surface area contributed by atoms with Crippen LogP contribution in [0.3, 0.4) is 0 Å². The predicted octanol–water partition coefficient (Wildman–Crippen LogP) is 3.72. The van der Waals surface area contributed by atoms with Gasteiger partial charge in [0.05, 0.1) is 6.54 Å². The molecule has 0 aromatic rings. The van der Waals surface area contributed by atoms with Crippen LogP contribution in [0.25, 0.3) is 0 Å². The van der Waals surface area contributed by atoms with Gasteiger partial charge in [0.2, 0.25) is 0 Å². The average Bonchev–Trinajstić information content (AvgIpc) is 2.41. The number of likely N-dealkylation sites (tertiary alicyclic amines) is 1. The van der Waals surface area contributed by atoms with E-state index >= 15 is 0 Å². The van der Waals surface area contributed by atoms with Gasteiger partial charge >= 0.3 is 5.97 Å². The van der Waals surface area contributed by atoms with E-state index in [0.29, 0.717) is 24.3 Å². The van der Waals surface area contributed by atoms with Gasteiger partial charge < -0.3 is 4.74 Å². The second kappa shape index (κ2) is 7.62. The lowest BCUT2D eigenvalue weighted by atomic mass is 9.75. The van der Waals surface area contributed by atoms with Crippen LogP contribution in [-0.4, -0.2) is 36.6 Å².